The molecule has 2 aromatic heterocycles. The number of nitrogens with one attached hydrogen (secondary N) is 2. The zero-order chi connectivity index (χ0) is 22.5. The molecule has 2 amide bonds. The molecule has 8 heteroatoms. The summed E-state index contributed by atoms with van der Waals surface area (Å²) < 4.78 is 0. The van der Waals surface area contributed by atoms with Gasteiger partial charge in [0.1, 0.15) is 5.82 Å². The summed E-state index contributed by atoms with van der Waals surface area (Å²) in [5.41, 5.74) is 4.39. The molecule has 0 radical (unpaired) electrons. The van der Waals surface area contributed by atoms with Crippen LogP contribution in [0.3, 0.4) is 0 Å². The maximum absolute atomic E-state index is 12.5. The van der Waals surface area contributed by atoms with E-state index in [1.54, 1.807) is 12.3 Å². The van der Waals surface area contributed by atoms with Gasteiger partial charge < -0.3 is 10.6 Å². The Bertz CT molecular complexity index is 1090. The Labute approximate surface area is 191 Å². The lowest BCUT2D eigenvalue weighted by atomic mass is 9.96. The monoisotopic (exact) mass is 449 g/mol. The van der Waals surface area contributed by atoms with Gasteiger partial charge in [0.05, 0.1) is 12.2 Å². The first-order valence-electron chi connectivity index (χ1n) is 10.7. The third-order valence-corrected chi connectivity index (χ3v) is 6.55. The van der Waals surface area contributed by atoms with Crippen molar-refractivity contribution >= 4 is 34.1 Å². The van der Waals surface area contributed by atoms with Crippen LogP contribution in [-0.2, 0) is 9.59 Å². The minimum Gasteiger partial charge on any atom is -0.310 e. The average Bonchev–Trinajstić information content (AvgIpc) is 3.25. The van der Waals surface area contributed by atoms with Gasteiger partial charge in [0.15, 0.2) is 5.13 Å². The quantitative estimate of drug-likeness (QED) is 0.591. The number of hydrogen-bond acceptors (Lipinski definition) is 6. The van der Waals surface area contributed by atoms with E-state index in [1.807, 2.05) is 17.5 Å². The first-order valence-corrected chi connectivity index (χ1v) is 11.6. The Kier molecular flexibility index (Phi) is 6.92. The molecule has 32 heavy (non-hydrogen) atoms. The summed E-state index contributed by atoms with van der Waals surface area (Å²) in [7, 11) is 0. The van der Waals surface area contributed by atoms with Gasteiger partial charge >= 0.3 is 0 Å². The number of rotatable bonds is 6. The van der Waals surface area contributed by atoms with E-state index in [2.05, 4.69) is 57.5 Å². The van der Waals surface area contributed by atoms with E-state index in [0.717, 1.165) is 24.1 Å². The summed E-state index contributed by atoms with van der Waals surface area (Å²) in [6.07, 6.45) is 3.10. The van der Waals surface area contributed by atoms with Gasteiger partial charge in [-0.2, -0.15) is 0 Å². The van der Waals surface area contributed by atoms with Crippen molar-refractivity contribution in [1.82, 2.24) is 14.9 Å². The standard InChI is InChI=1S/C24H27N5O2S/c1-16-6-7-19(13-17(16)2)20-15-32-24(26-20)28-22(30)14-29-11-8-18(9-12-29)23(31)27-21-5-3-4-10-25-21/h3-7,10,13,15,18H,8-9,11-12,14H2,1-2H3,(H,25,27,31)(H,26,28,30). The van der Waals surface area contributed by atoms with Gasteiger partial charge in [-0.25, -0.2) is 9.97 Å². The van der Waals surface area contributed by atoms with Crippen LogP contribution in [0.5, 0.6) is 0 Å². The highest BCUT2D eigenvalue weighted by Crippen LogP contribution is 2.26. The molecule has 0 spiro atoms. The molecule has 0 bridgehead atoms. The molecule has 1 saturated heterocycles. The summed E-state index contributed by atoms with van der Waals surface area (Å²) in [6, 6.07) is 11.7. The van der Waals surface area contributed by atoms with E-state index in [-0.39, 0.29) is 17.7 Å². The van der Waals surface area contributed by atoms with E-state index in [9.17, 15) is 9.59 Å². The lowest BCUT2D eigenvalue weighted by molar-refractivity contribution is -0.121. The number of pyridine rings is 1. The van der Waals surface area contributed by atoms with E-state index >= 15 is 0 Å². The lowest BCUT2D eigenvalue weighted by Gasteiger charge is -2.30. The van der Waals surface area contributed by atoms with Crippen LogP contribution in [0, 0.1) is 19.8 Å². The second-order valence-electron chi connectivity index (χ2n) is 8.14. The molecular formula is C24H27N5O2S. The van der Waals surface area contributed by atoms with Gasteiger partial charge in [-0.05, 0) is 69.1 Å². The zero-order valence-corrected chi connectivity index (χ0v) is 19.1. The fourth-order valence-electron chi connectivity index (χ4n) is 3.74. The summed E-state index contributed by atoms with van der Waals surface area (Å²) in [6.45, 7) is 5.88. The minimum atomic E-state index is -0.0811. The molecule has 7 nitrogen and oxygen atoms in total. The van der Waals surface area contributed by atoms with E-state index in [4.69, 9.17) is 0 Å². The Balaban J connectivity index is 1.24. The van der Waals surface area contributed by atoms with Crippen LogP contribution in [0.2, 0.25) is 0 Å². The smallest absolute Gasteiger partial charge is 0.240 e. The molecule has 0 atom stereocenters. The number of aromatic nitrogens is 2. The first kappa shape index (κ1) is 22.1. The summed E-state index contributed by atoms with van der Waals surface area (Å²) in [4.78, 5) is 35.7. The van der Waals surface area contributed by atoms with Crippen LogP contribution in [0.1, 0.15) is 24.0 Å². The van der Waals surface area contributed by atoms with Crippen LogP contribution >= 0.6 is 11.3 Å². The fraction of sp³-hybridized carbons (Fsp3) is 0.333. The molecule has 0 saturated carbocycles. The van der Waals surface area contributed by atoms with Gasteiger partial charge in [0.25, 0.3) is 0 Å². The van der Waals surface area contributed by atoms with Crippen molar-refractivity contribution in [2.24, 2.45) is 5.92 Å². The molecule has 1 aliphatic rings. The Morgan fingerprint density at radius 1 is 1.09 bits per heavy atom. The second-order valence-corrected chi connectivity index (χ2v) is 9.00. The van der Waals surface area contributed by atoms with Crippen molar-refractivity contribution in [2.45, 2.75) is 26.7 Å². The Morgan fingerprint density at radius 3 is 2.62 bits per heavy atom. The molecule has 1 aromatic carbocycles. The maximum atomic E-state index is 12.5. The number of aryl methyl sites for hydroxylation is 2. The van der Waals surface area contributed by atoms with Crippen LogP contribution in [0.25, 0.3) is 11.3 Å². The number of amides is 2. The predicted octanol–water partition coefficient (Wildman–Crippen LogP) is 4.11. The number of hydrogen-bond donors (Lipinski definition) is 2. The average molecular weight is 450 g/mol. The fourth-order valence-corrected chi connectivity index (χ4v) is 4.48. The minimum absolute atomic E-state index is 0.00513. The molecule has 3 aromatic rings. The number of piperidine rings is 1. The number of thiazole rings is 1. The number of anilines is 2. The van der Waals surface area contributed by atoms with E-state index < -0.39 is 0 Å². The van der Waals surface area contributed by atoms with Crippen molar-refractivity contribution in [3.05, 3.63) is 59.1 Å². The molecule has 2 N–H and O–H groups in total. The molecule has 4 rings (SSSR count). The summed E-state index contributed by atoms with van der Waals surface area (Å²) in [5.74, 6) is 0.426. The SMILES string of the molecule is Cc1ccc(-c2csc(NC(=O)CN3CCC(C(=O)Nc4ccccn4)CC3)n2)cc1C. The van der Waals surface area contributed by atoms with Gasteiger partial charge in [0, 0.05) is 23.1 Å². The third kappa shape index (κ3) is 5.57. The molecule has 1 fully saturated rings. The number of carbonyl (C=O) groups excluding carboxylic acids is 2. The molecule has 3 heterocycles. The number of carbonyl (C=O) groups is 2. The Hall–Kier alpha value is -3.10. The van der Waals surface area contributed by atoms with E-state index in [1.165, 1.54) is 22.5 Å². The zero-order valence-electron chi connectivity index (χ0n) is 18.3. The summed E-state index contributed by atoms with van der Waals surface area (Å²) in [5, 5.41) is 8.35. The Morgan fingerprint density at radius 2 is 1.91 bits per heavy atom. The van der Waals surface area contributed by atoms with Crippen molar-refractivity contribution in [1.29, 1.82) is 0 Å². The van der Waals surface area contributed by atoms with Gasteiger partial charge in [0.2, 0.25) is 11.8 Å². The van der Waals surface area contributed by atoms with Crippen LogP contribution < -0.4 is 10.6 Å². The van der Waals surface area contributed by atoms with E-state index in [0.29, 0.717) is 30.6 Å². The van der Waals surface area contributed by atoms with Crippen molar-refractivity contribution in [3.63, 3.8) is 0 Å². The predicted molar refractivity (Wildman–Crippen MR) is 128 cm³/mol. The molecule has 1 aliphatic heterocycles. The van der Waals surface area contributed by atoms with Crippen molar-refractivity contribution in [2.75, 3.05) is 30.3 Å². The largest absolute Gasteiger partial charge is 0.310 e. The van der Waals surface area contributed by atoms with Crippen LogP contribution in [0.15, 0.2) is 48.0 Å². The number of benzene rings is 1. The lowest BCUT2D eigenvalue weighted by Crippen LogP contribution is -2.41. The highest BCUT2D eigenvalue weighted by Gasteiger charge is 2.26. The van der Waals surface area contributed by atoms with Crippen LogP contribution in [-0.4, -0.2) is 46.3 Å². The molecule has 166 valence electrons. The number of nitrogens with zero attached hydrogens (tertiary/aromatic N) is 3. The van der Waals surface area contributed by atoms with Crippen molar-refractivity contribution < 1.29 is 9.59 Å². The maximum Gasteiger partial charge on any atom is 0.240 e. The van der Waals surface area contributed by atoms with Gasteiger partial charge in [-0.15, -0.1) is 11.3 Å². The molecular weight excluding hydrogens is 422 g/mol. The van der Waals surface area contributed by atoms with Crippen molar-refractivity contribution in [3.8, 4) is 11.3 Å². The molecule has 0 aliphatic carbocycles. The van der Waals surface area contributed by atoms with Gasteiger partial charge in [-0.1, -0.05) is 18.2 Å². The second kappa shape index (κ2) is 10.0. The third-order valence-electron chi connectivity index (χ3n) is 5.79. The first-order chi connectivity index (χ1) is 15.5. The van der Waals surface area contributed by atoms with Crippen LogP contribution in [0.4, 0.5) is 10.9 Å². The number of likely N-dealkylation sites (tertiary alicyclic amines) is 1. The highest BCUT2D eigenvalue weighted by molar-refractivity contribution is 7.14. The van der Waals surface area contributed by atoms with Gasteiger partial charge in [-0.3, -0.25) is 14.5 Å². The summed E-state index contributed by atoms with van der Waals surface area (Å²) >= 11 is 1.43. The normalized spacial score (nSPS) is 14.8. The topological polar surface area (TPSA) is 87.2 Å². The highest BCUT2D eigenvalue weighted by atomic mass is 32.1. The molecule has 0 unspecified atom stereocenters.